The van der Waals surface area contributed by atoms with Crippen molar-refractivity contribution in [3.8, 4) is 0 Å². The molecule has 6 heteroatoms. The molecule has 6 nitrogen and oxygen atoms in total. The van der Waals surface area contributed by atoms with Crippen molar-refractivity contribution in [2.24, 2.45) is 5.92 Å². The molecule has 154 valence electrons. The van der Waals surface area contributed by atoms with Crippen LogP contribution in [0, 0.1) is 5.92 Å². The number of carbonyl (C=O) groups excluding carboxylic acids is 1. The molecule has 0 radical (unpaired) electrons. The lowest BCUT2D eigenvalue weighted by atomic mass is 9.99. The van der Waals surface area contributed by atoms with Crippen molar-refractivity contribution in [3.63, 3.8) is 0 Å². The fourth-order valence-corrected chi connectivity index (χ4v) is 3.92. The first-order valence-electron chi connectivity index (χ1n) is 10.7. The molecule has 1 aromatic carbocycles. The highest BCUT2D eigenvalue weighted by atomic mass is 16.5. The highest BCUT2D eigenvalue weighted by Gasteiger charge is 2.17. The van der Waals surface area contributed by atoms with Crippen LogP contribution < -0.4 is 15.5 Å². The van der Waals surface area contributed by atoms with Crippen LogP contribution in [0.15, 0.2) is 42.6 Å². The van der Waals surface area contributed by atoms with Crippen LogP contribution in [0.4, 0.5) is 17.2 Å². The van der Waals surface area contributed by atoms with Crippen LogP contribution in [-0.4, -0.2) is 43.2 Å². The number of anilines is 3. The Morgan fingerprint density at radius 1 is 1.17 bits per heavy atom. The second-order valence-corrected chi connectivity index (χ2v) is 8.12. The summed E-state index contributed by atoms with van der Waals surface area (Å²) in [5, 5.41) is 6.25. The predicted molar refractivity (Wildman–Crippen MR) is 116 cm³/mol. The molecule has 1 unspecified atom stereocenters. The minimum absolute atomic E-state index is 0.0966. The third-order valence-corrected chi connectivity index (χ3v) is 5.82. The van der Waals surface area contributed by atoms with Crippen molar-refractivity contribution in [2.45, 2.75) is 38.7 Å². The highest BCUT2D eigenvalue weighted by molar-refractivity contribution is 5.94. The second kappa shape index (κ2) is 9.27. The number of benzene rings is 1. The van der Waals surface area contributed by atoms with E-state index in [1.165, 1.54) is 18.5 Å². The number of rotatable bonds is 6. The van der Waals surface area contributed by atoms with Gasteiger partial charge in [0.15, 0.2) is 0 Å². The number of piperidine rings is 1. The lowest BCUT2D eigenvalue weighted by Crippen LogP contribution is -2.32. The number of amides is 1. The molecule has 0 spiro atoms. The second-order valence-electron chi connectivity index (χ2n) is 8.12. The molecule has 4 rings (SSSR count). The summed E-state index contributed by atoms with van der Waals surface area (Å²) in [7, 11) is 0. The van der Waals surface area contributed by atoms with E-state index in [2.05, 4.69) is 51.7 Å². The Bertz CT molecular complexity index is 810. The maximum Gasteiger partial charge on any atom is 0.251 e. The van der Waals surface area contributed by atoms with E-state index in [0.717, 1.165) is 44.1 Å². The molecular formula is C23H30N4O2. The van der Waals surface area contributed by atoms with Gasteiger partial charge in [-0.05, 0) is 68.0 Å². The molecule has 2 N–H and O–H groups in total. The van der Waals surface area contributed by atoms with Crippen molar-refractivity contribution < 1.29 is 9.53 Å². The van der Waals surface area contributed by atoms with Crippen LogP contribution in [0.2, 0.25) is 0 Å². The summed E-state index contributed by atoms with van der Waals surface area (Å²) < 4.78 is 5.56. The average Bonchev–Trinajstić information content (AvgIpc) is 3.27. The summed E-state index contributed by atoms with van der Waals surface area (Å²) in [6.07, 6.45) is 6.39. The standard InChI is InChI=1S/C23H30N4O2/c1-17-9-12-27(13-10-17)20-6-4-19(5-7-20)26-22-15-18(8-11-24-22)23(28)25-16-21-3-2-14-29-21/h4-8,11,15,17,21H,2-3,9-10,12-14,16H2,1H3,(H,24,26)(H,25,28). The van der Waals surface area contributed by atoms with E-state index in [4.69, 9.17) is 4.74 Å². The van der Waals surface area contributed by atoms with Crippen molar-refractivity contribution in [2.75, 3.05) is 36.5 Å². The summed E-state index contributed by atoms with van der Waals surface area (Å²) in [4.78, 5) is 19.2. The van der Waals surface area contributed by atoms with Gasteiger partial charge in [0.05, 0.1) is 6.10 Å². The molecule has 2 saturated heterocycles. The summed E-state index contributed by atoms with van der Waals surface area (Å²) >= 11 is 0. The number of ether oxygens (including phenoxy) is 1. The van der Waals surface area contributed by atoms with Gasteiger partial charge in [-0.25, -0.2) is 4.98 Å². The minimum atomic E-state index is -0.0966. The third kappa shape index (κ3) is 5.26. The summed E-state index contributed by atoms with van der Waals surface area (Å²) in [5.41, 5.74) is 2.82. The van der Waals surface area contributed by atoms with Gasteiger partial charge >= 0.3 is 0 Å². The van der Waals surface area contributed by atoms with Crippen LogP contribution in [0.3, 0.4) is 0 Å². The summed E-state index contributed by atoms with van der Waals surface area (Å²) in [6, 6.07) is 12.0. The molecule has 0 saturated carbocycles. The van der Waals surface area contributed by atoms with Gasteiger partial charge in [-0.1, -0.05) is 6.92 Å². The fourth-order valence-electron chi connectivity index (χ4n) is 3.92. The fraction of sp³-hybridized carbons (Fsp3) is 0.478. The van der Waals surface area contributed by atoms with Gasteiger partial charge in [0.25, 0.3) is 5.91 Å². The molecule has 0 aliphatic carbocycles. The third-order valence-electron chi connectivity index (χ3n) is 5.82. The zero-order valence-electron chi connectivity index (χ0n) is 17.1. The van der Waals surface area contributed by atoms with Crippen LogP contribution >= 0.6 is 0 Å². The number of hydrogen-bond donors (Lipinski definition) is 2. The lowest BCUT2D eigenvalue weighted by Gasteiger charge is -2.32. The maximum atomic E-state index is 12.4. The monoisotopic (exact) mass is 394 g/mol. The van der Waals surface area contributed by atoms with Gasteiger partial charge in [-0.2, -0.15) is 0 Å². The zero-order valence-corrected chi connectivity index (χ0v) is 17.1. The molecule has 1 amide bonds. The van der Waals surface area contributed by atoms with E-state index in [1.54, 1.807) is 18.3 Å². The van der Waals surface area contributed by atoms with E-state index in [9.17, 15) is 4.79 Å². The van der Waals surface area contributed by atoms with Gasteiger partial charge in [-0.15, -0.1) is 0 Å². The Labute approximate surface area is 172 Å². The normalized spacial score (nSPS) is 19.9. The summed E-state index contributed by atoms with van der Waals surface area (Å²) in [6.45, 7) is 5.92. The molecule has 2 aliphatic heterocycles. The Kier molecular flexibility index (Phi) is 6.30. The lowest BCUT2D eigenvalue weighted by molar-refractivity contribution is 0.0857. The zero-order chi connectivity index (χ0) is 20.1. The number of nitrogens with zero attached hydrogens (tertiary/aromatic N) is 2. The van der Waals surface area contributed by atoms with E-state index in [-0.39, 0.29) is 12.0 Å². The minimum Gasteiger partial charge on any atom is -0.376 e. The molecule has 1 aromatic heterocycles. The van der Waals surface area contributed by atoms with Gasteiger partial charge in [0, 0.05) is 49.4 Å². The smallest absolute Gasteiger partial charge is 0.251 e. The molecule has 29 heavy (non-hydrogen) atoms. The molecule has 2 fully saturated rings. The Balaban J connectivity index is 1.34. The molecule has 0 bridgehead atoms. The largest absolute Gasteiger partial charge is 0.376 e. The summed E-state index contributed by atoms with van der Waals surface area (Å²) in [5.74, 6) is 1.39. The van der Waals surface area contributed by atoms with Crippen LogP contribution in [0.25, 0.3) is 0 Å². The van der Waals surface area contributed by atoms with E-state index >= 15 is 0 Å². The molecule has 2 aliphatic rings. The highest BCUT2D eigenvalue weighted by Crippen LogP contribution is 2.25. The van der Waals surface area contributed by atoms with Crippen molar-refractivity contribution in [3.05, 3.63) is 48.2 Å². The van der Waals surface area contributed by atoms with Crippen molar-refractivity contribution in [1.29, 1.82) is 0 Å². The van der Waals surface area contributed by atoms with E-state index in [1.807, 2.05) is 0 Å². The average molecular weight is 395 g/mol. The maximum absolute atomic E-state index is 12.4. The van der Waals surface area contributed by atoms with Gasteiger partial charge in [0.2, 0.25) is 0 Å². The number of aromatic nitrogens is 1. The Morgan fingerprint density at radius 3 is 2.69 bits per heavy atom. The first kappa shape index (κ1) is 19.7. The molecular weight excluding hydrogens is 364 g/mol. The van der Waals surface area contributed by atoms with Crippen LogP contribution in [0.5, 0.6) is 0 Å². The first-order chi connectivity index (χ1) is 14.2. The van der Waals surface area contributed by atoms with E-state index in [0.29, 0.717) is 17.9 Å². The van der Waals surface area contributed by atoms with Crippen molar-refractivity contribution >= 4 is 23.1 Å². The van der Waals surface area contributed by atoms with Gasteiger partial charge in [-0.3, -0.25) is 4.79 Å². The number of pyridine rings is 1. The topological polar surface area (TPSA) is 66.5 Å². The van der Waals surface area contributed by atoms with E-state index < -0.39 is 0 Å². The predicted octanol–water partition coefficient (Wildman–Crippen LogP) is 3.97. The molecule has 1 atom stereocenters. The van der Waals surface area contributed by atoms with Crippen LogP contribution in [0.1, 0.15) is 43.0 Å². The Hall–Kier alpha value is -2.60. The Morgan fingerprint density at radius 2 is 1.97 bits per heavy atom. The van der Waals surface area contributed by atoms with Crippen molar-refractivity contribution in [1.82, 2.24) is 10.3 Å². The molecule has 2 aromatic rings. The number of carbonyl (C=O) groups is 1. The van der Waals surface area contributed by atoms with Gasteiger partial charge < -0.3 is 20.3 Å². The van der Waals surface area contributed by atoms with Crippen LogP contribution in [-0.2, 0) is 4.74 Å². The number of hydrogen-bond acceptors (Lipinski definition) is 5. The van der Waals surface area contributed by atoms with Gasteiger partial charge in [0.1, 0.15) is 5.82 Å². The molecule has 3 heterocycles. The quantitative estimate of drug-likeness (QED) is 0.776. The SMILES string of the molecule is CC1CCN(c2ccc(Nc3cc(C(=O)NCC4CCCO4)ccn3)cc2)CC1. The first-order valence-corrected chi connectivity index (χ1v) is 10.7. The number of nitrogens with one attached hydrogen (secondary N) is 2.